The topological polar surface area (TPSA) is 118 Å². The van der Waals surface area contributed by atoms with E-state index in [1.807, 2.05) is 6.92 Å². The van der Waals surface area contributed by atoms with Crippen molar-refractivity contribution in [2.45, 2.75) is 32.4 Å². The van der Waals surface area contributed by atoms with Crippen LogP contribution < -0.4 is 11.5 Å². The number of Topliss-reactive ketones (excluding diaryl/α,β-unsaturated/α-hetero) is 1. The Balaban J connectivity index is 3.05. The van der Waals surface area contributed by atoms with Crippen LogP contribution in [0.25, 0.3) is 10.4 Å². The molecule has 0 amide bonds. The molecule has 0 bridgehead atoms. The van der Waals surface area contributed by atoms with E-state index in [4.69, 9.17) is 17.0 Å². The summed E-state index contributed by atoms with van der Waals surface area (Å²) >= 11 is 0. The van der Waals surface area contributed by atoms with Gasteiger partial charge in [0.25, 0.3) is 0 Å². The van der Waals surface area contributed by atoms with Crippen LogP contribution >= 0.6 is 0 Å². The van der Waals surface area contributed by atoms with Crippen molar-refractivity contribution in [3.05, 3.63) is 40.3 Å². The second kappa shape index (κ2) is 7.53. The van der Waals surface area contributed by atoms with Gasteiger partial charge in [-0.15, -0.1) is 0 Å². The summed E-state index contributed by atoms with van der Waals surface area (Å²) in [5.41, 5.74) is 20.6. The van der Waals surface area contributed by atoms with Gasteiger partial charge in [0.1, 0.15) is 0 Å². The number of carbonyl (C=O) groups excluding carboxylic acids is 1. The summed E-state index contributed by atoms with van der Waals surface area (Å²) in [6.07, 6.45) is 1.77. The van der Waals surface area contributed by atoms with Gasteiger partial charge < -0.3 is 11.5 Å². The molecule has 0 heterocycles. The number of unbranched alkanes of at least 4 members (excludes halogenated alkanes) is 1. The molecule has 6 nitrogen and oxygen atoms in total. The molecule has 0 fully saturated rings. The summed E-state index contributed by atoms with van der Waals surface area (Å²) in [5.74, 6) is -0.610. The molecule has 1 aromatic carbocycles. The number of ketones is 1. The van der Waals surface area contributed by atoms with Gasteiger partial charge in [-0.05, 0) is 12.0 Å². The minimum atomic E-state index is -0.710. The maximum absolute atomic E-state index is 12.4. The predicted molar refractivity (Wildman–Crippen MR) is 74.8 cm³/mol. The number of carbonyl (C=O) groups is 1. The molecule has 1 unspecified atom stereocenters. The van der Waals surface area contributed by atoms with Gasteiger partial charge in [0.15, 0.2) is 5.78 Å². The quantitative estimate of drug-likeness (QED) is 0.258. The Bertz CT molecular complexity index is 480. The first kappa shape index (κ1) is 15.2. The maximum atomic E-state index is 12.4. The smallest absolute Gasteiger partial charge is 0.169 e. The van der Waals surface area contributed by atoms with Crippen molar-refractivity contribution in [2.75, 3.05) is 0 Å². The summed E-state index contributed by atoms with van der Waals surface area (Å²) in [4.78, 5) is 15.2. The van der Waals surface area contributed by atoms with Gasteiger partial charge in [-0.25, -0.2) is 0 Å². The van der Waals surface area contributed by atoms with E-state index in [0.717, 1.165) is 12.8 Å². The van der Waals surface area contributed by atoms with Crippen LogP contribution in [0.3, 0.4) is 0 Å². The molecular weight excluding hydrogens is 242 g/mol. The van der Waals surface area contributed by atoms with E-state index in [-0.39, 0.29) is 5.78 Å². The molecule has 0 spiro atoms. The molecule has 0 aliphatic rings. The van der Waals surface area contributed by atoms with Crippen LogP contribution in [0, 0.1) is 5.92 Å². The SMILES string of the molecule is CCCCC(C(=O)c1ccccc1N=[N+]=[N-])C(N)N. The monoisotopic (exact) mass is 261 g/mol. The fraction of sp³-hybridized carbons (Fsp3) is 0.462. The fourth-order valence-electron chi connectivity index (χ4n) is 1.94. The first-order chi connectivity index (χ1) is 9.11. The second-order valence-corrected chi connectivity index (χ2v) is 4.40. The summed E-state index contributed by atoms with van der Waals surface area (Å²) in [5, 5.41) is 3.53. The van der Waals surface area contributed by atoms with Gasteiger partial charge in [0.2, 0.25) is 0 Å². The standard InChI is InChI=1S/C13H19N5O/c1-2-3-6-10(13(14)15)12(19)9-7-4-5-8-11(9)17-18-16/h4-5,7-8,10,13H,2-3,6,14-15H2,1H3. The summed E-state index contributed by atoms with van der Waals surface area (Å²) in [6, 6.07) is 6.67. The largest absolute Gasteiger partial charge is 0.315 e. The van der Waals surface area contributed by atoms with E-state index in [9.17, 15) is 4.79 Å². The Morgan fingerprint density at radius 1 is 1.42 bits per heavy atom. The van der Waals surface area contributed by atoms with E-state index >= 15 is 0 Å². The van der Waals surface area contributed by atoms with E-state index in [1.54, 1.807) is 24.3 Å². The number of hydrogen-bond donors (Lipinski definition) is 2. The maximum Gasteiger partial charge on any atom is 0.169 e. The highest BCUT2D eigenvalue weighted by atomic mass is 16.1. The zero-order chi connectivity index (χ0) is 14.3. The minimum absolute atomic E-state index is 0.161. The van der Waals surface area contributed by atoms with Crippen LogP contribution in [0.15, 0.2) is 29.4 Å². The molecule has 4 N–H and O–H groups in total. The van der Waals surface area contributed by atoms with Crippen LogP contribution in [-0.4, -0.2) is 11.9 Å². The van der Waals surface area contributed by atoms with Gasteiger partial charge in [-0.2, -0.15) is 0 Å². The third-order valence-corrected chi connectivity index (χ3v) is 2.99. The summed E-state index contributed by atoms with van der Waals surface area (Å²) in [7, 11) is 0. The van der Waals surface area contributed by atoms with Crippen LogP contribution in [0.4, 0.5) is 5.69 Å². The van der Waals surface area contributed by atoms with Crippen LogP contribution in [-0.2, 0) is 0 Å². The fourth-order valence-corrected chi connectivity index (χ4v) is 1.94. The molecule has 6 heteroatoms. The van der Waals surface area contributed by atoms with Crippen LogP contribution in [0.5, 0.6) is 0 Å². The molecule has 19 heavy (non-hydrogen) atoms. The van der Waals surface area contributed by atoms with Crippen LogP contribution in [0.1, 0.15) is 36.5 Å². The average Bonchev–Trinajstić information content (AvgIpc) is 2.39. The van der Waals surface area contributed by atoms with E-state index in [2.05, 4.69) is 10.0 Å². The number of benzene rings is 1. The minimum Gasteiger partial charge on any atom is -0.315 e. The highest BCUT2D eigenvalue weighted by Crippen LogP contribution is 2.24. The van der Waals surface area contributed by atoms with Crippen molar-refractivity contribution in [1.82, 2.24) is 0 Å². The molecule has 0 radical (unpaired) electrons. The first-order valence-corrected chi connectivity index (χ1v) is 6.31. The van der Waals surface area contributed by atoms with Gasteiger partial charge >= 0.3 is 0 Å². The van der Waals surface area contributed by atoms with Gasteiger partial charge in [-0.3, -0.25) is 4.79 Å². The molecule has 1 aromatic rings. The number of rotatable bonds is 7. The molecule has 0 saturated heterocycles. The average molecular weight is 261 g/mol. The van der Waals surface area contributed by atoms with E-state index < -0.39 is 12.1 Å². The molecule has 0 aliphatic heterocycles. The summed E-state index contributed by atoms with van der Waals surface area (Å²) in [6.45, 7) is 2.04. The lowest BCUT2D eigenvalue weighted by molar-refractivity contribution is 0.0893. The number of nitrogens with two attached hydrogens (primary N) is 2. The Morgan fingerprint density at radius 3 is 2.68 bits per heavy atom. The van der Waals surface area contributed by atoms with Crippen molar-refractivity contribution in [2.24, 2.45) is 22.5 Å². The first-order valence-electron chi connectivity index (χ1n) is 6.31. The zero-order valence-corrected chi connectivity index (χ0v) is 11.0. The van der Waals surface area contributed by atoms with Gasteiger partial charge in [0, 0.05) is 16.2 Å². The third kappa shape index (κ3) is 4.06. The highest BCUT2D eigenvalue weighted by molar-refractivity contribution is 6.02. The van der Waals surface area contributed by atoms with E-state index in [0.29, 0.717) is 17.7 Å². The normalized spacial score (nSPS) is 12.0. The van der Waals surface area contributed by atoms with Crippen molar-refractivity contribution >= 4 is 11.5 Å². The molecule has 1 rings (SSSR count). The van der Waals surface area contributed by atoms with Crippen molar-refractivity contribution in [3.8, 4) is 0 Å². The Kier molecular flexibility index (Phi) is 6.02. The number of hydrogen-bond acceptors (Lipinski definition) is 4. The number of azide groups is 1. The lowest BCUT2D eigenvalue weighted by Gasteiger charge is -2.19. The molecule has 0 aromatic heterocycles. The van der Waals surface area contributed by atoms with Crippen LogP contribution in [0.2, 0.25) is 0 Å². The van der Waals surface area contributed by atoms with Gasteiger partial charge in [0.05, 0.1) is 12.1 Å². The lowest BCUT2D eigenvalue weighted by atomic mass is 9.90. The molecule has 1 atom stereocenters. The summed E-state index contributed by atoms with van der Waals surface area (Å²) < 4.78 is 0. The predicted octanol–water partition coefficient (Wildman–Crippen LogP) is 2.86. The molecule has 102 valence electrons. The van der Waals surface area contributed by atoms with Gasteiger partial charge in [-0.1, -0.05) is 49.1 Å². The molecule has 0 aliphatic carbocycles. The van der Waals surface area contributed by atoms with Crippen molar-refractivity contribution in [3.63, 3.8) is 0 Å². The van der Waals surface area contributed by atoms with E-state index in [1.165, 1.54) is 0 Å². The third-order valence-electron chi connectivity index (χ3n) is 2.99. The lowest BCUT2D eigenvalue weighted by Crippen LogP contribution is -2.42. The van der Waals surface area contributed by atoms with Crippen molar-refractivity contribution in [1.29, 1.82) is 0 Å². The Hall–Kier alpha value is -1.88. The molecule has 0 saturated carbocycles. The van der Waals surface area contributed by atoms with Crippen molar-refractivity contribution < 1.29 is 4.79 Å². The zero-order valence-electron chi connectivity index (χ0n) is 11.0. The number of nitrogens with zero attached hydrogens (tertiary/aromatic N) is 3. The second-order valence-electron chi connectivity index (χ2n) is 4.40. The molecular formula is C13H19N5O. The Labute approximate surface area is 112 Å². The Morgan fingerprint density at radius 2 is 2.11 bits per heavy atom. The highest BCUT2D eigenvalue weighted by Gasteiger charge is 2.25.